The highest BCUT2D eigenvalue weighted by atomic mass is 32.1. The molecule has 25 heavy (non-hydrogen) atoms. The van der Waals surface area contributed by atoms with Crippen LogP contribution in [0.4, 0.5) is 5.13 Å². The highest BCUT2D eigenvalue weighted by Crippen LogP contribution is 2.19. The van der Waals surface area contributed by atoms with Gasteiger partial charge in [-0.2, -0.15) is 5.10 Å². The average Bonchev–Trinajstić information content (AvgIpc) is 3.25. The summed E-state index contributed by atoms with van der Waals surface area (Å²) < 4.78 is 4.88. The molecular formula is C17H16N4O3S. The molecule has 0 bridgehead atoms. The van der Waals surface area contributed by atoms with Crippen LogP contribution in [-0.4, -0.2) is 33.7 Å². The lowest BCUT2D eigenvalue weighted by atomic mass is 10.1. The second-order valence-electron chi connectivity index (χ2n) is 5.11. The standard InChI is InChI=1S/C17H16N4O3S/c1-2-24-15(22)8-12-10-25-17(18-12)19-16(23)14-9-13(20-21-14)11-6-4-3-5-7-11/h3-7,9-10H,2,8H2,1H3,(H,20,21)(H,18,19,23). The fourth-order valence-electron chi connectivity index (χ4n) is 2.16. The van der Waals surface area contributed by atoms with Gasteiger partial charge in [-0.25, -0.2) is 4.98 Å². The lowest BCUT2D eigenvalue weighted by Crippen LogP contribution is -2.12. The summed E-state index contributed by atoms with van der Waals surface area (Å²) in [5.74, 6) is -0.682. The number of hydrogen-bond acceptors (Lipinski definition) is 6. The molecule has 2 aromatic heterocycles. The molecule has 0 spiro atoms. The summed E-state index contributed by atoms with van der Waals surface area (Å²) in [5.41, 5.74) is 2.51. The first-order chi connectivity index (χ1) is 12.2. The molecule has 1 aromatic carbocycles. The third-order valence-corrected chi connectivity index (χ3v) is 4.10. The van der Waals surface area contributed by atoms with E-state index in [-0.39, 0.29) is 18.3 Å². The summed E-state index contributed by atoms with van der Waals surface area (Å²) in [6.45, 7) is 2.08. The summed E-state index contributed by atoms with van der Waals surface area (Å²) >= 11 is 1.25. The van der Waals surface area contributed by atoms with Crippen molar-refractivity contribution >= 4 is 28.3 Å². The first-order valence-electron chi connectivity index (χ1n) is 7.68. The highest BCUT2D eigenvalue weighted by molar-refractivity contribution is 7.14. The molecule has 3 aromatic rings. The number of hydrogen-bond donors (Lipinski definition) is 2. The quantitative estimate of drug-likeness (QED) is 0.662. The van der Waals surface area contributed by atoms with Crippen LogP contribution in [0.2, 0.25) is 0 Å². The minimum atomic E-state index is -0.341. The summed E-state index contributed by atoms with van der Waals surface area (Å²) in [4.78, 5) is 27.9. The van der Waals surface area contributed by atoms with Crippen molar-refractivity contribution in [1.29, 1.82) is 0 Å². The van der Waals surface area contributed by atoms with Crippen LogP contribution < -0.4 is 5.32 Å². The van der Waals surface area contributed by atoms with Gasteiger partial charge in [0.15, 0.2) is 5.13 Å². The molecule has 128 valence electrons. The number of esters is 1. The molecule has 7 nitrogen and oxygen atoms in total. The number of carbonyl (C=O) groups is 2. The number of benzene rings is 1. The Hall–Kier alpha value is -3.00. The zero-order valence-electron chi connectivity index (χ0n) is 13.5. The van der Waals surface area contributed by atoms with Crippen LogP contribution in [0.5, 0.6) is 0 Å². The maximum absolute atomic E-state index is 12.3. The first-order valence-corrected chi connectivity index (χ1v) is 8.56. The number of anilines is 1. The Balaban J connectivity index is 1.64. The van der Waals surface area contributed by atoms with Crippen LogP contribution in [0, 0.1) is 0 Å². The van der Waals surface area contributed by atoms with E-state index in [0.717, 1.165) is 5.56 Å². The second-order valence-corrected chi connectivity index (χ2v) is 5.97. The summed E-state index contributed by atoms with van der Waals surface area (Å²) in [7, 11) is 0. The van der Waals surface area contributed by atoms with Crippen LogP contribution in [0.1, 0.15) is 23.1 Å². The monoisotopic (exact) mass is 356 g/mol. The van der Waals surface area contributed by atoms with Gasteiger partial charge in [-0.05, 0) is 13.0 Å². The van der Waals surface area contributed by atoms with E-state index in [2.05, 4.69) is 20.5 Å². The summed E-state index contributed by atoms with van der Waals surface area (Å²) in [5, 5.41) is 11.7. The van der Waals surface area contributed by atoms with Gasteiger partial charge in [-0.15, -0.1) is 11.3 Å². The average molecular weight is 356 g/mol. The Morgan fingerprint density at radius 2 is 2.08 bits per heavy atom. The molecule has 0 saturated heterocycles. The second kappa shape index (κ2) is 7.71. The molecule has 0 radical (unpaired) electrons. The Morgan fingerprint density at radius 1 is 1.28 bits per heavy atom. The van der Waals surface area contributed by atoms with Gasteiger partial charge in [0.2, 0.25) is 0 Å². The van der Waals surface area contributed by atoms with E-state index >= 15 is 0 Å². The Labute approximate surface area is 148 Å². The number of amides is 1. The molecule has 2 heterocycles. The van der Waals surface area contributed by atoms with Crippen molar-refractivity contribution in [3.05, 3.63) is 53.2 Å². The number of nitrogens with zero attached hydrogens (tertiary/aromatic N) is 2. The lowest BCUT2D eigenvalue weighted by molar-refractivity contribution is -0.142. The van der Waals surface area contributed by atoms with Crippen molar-refractivity contribution in [1.82, 2.24) is 15.2 Å². The highest BCUT2D eigenvalue weighted by Gasteiger charge is 2.14. The topological polar surface area (TPSA) is 97.0 Å². The van der Waals surface area contributed by atoms with E-state index in [1.807, 2.05) is 30.3 Å². The molecule has 0 aliphatic heterocycles. The molecule has 0 fully saturated rings. The molecular weight excluding hydrogens is 340 g/mol. The predicted octanol–water partition coefficient (Wildman–Crippen LogP) is 2.89. The number of aromatic nitrogens is 3. The fourth-order valence-corrected chi connectivity index (χ4v) is 2.87. The molecule has 0 atom stereocenters. The maximum atomic E-state index is 12.3. The Morgan fingerprint density at radius 3 is 2.84 bits per heavy atom. The summed E-state index contributed by atoms with van der Waals surface area (Å²) in [6.07, 6.45) is 0.0857. The number of H-pyrrole nitrogens is 1. The van der Waals surface area contributed by atoms with Crippen molar-refractivity contribution in [3.8, 4) is 11.3 Å². The SMILES string of the molecule is CCOC(=O)Cc1csc(NC(=O)c2cc(-c3ccccc3)n[nH]2)n1. The van der Waals surface area contributed by atoms with Gasteiger partial charge >= 0.3 is 5.97 Å². The van der Waals surface area contributed by atoms with Crippen LogP contribution >= 0.6 is 11.3 Å². The maximum Gasteiger partial charge on any atom is 0.311 e. The molecule has 1 amide bonds. The predicted molar refractivity (Wildman–Crippen MR) is 94.4 cm³/mol. The molecule has 0 unspecified atom stereocenters. The van der Waals surface area contributed by atoms with Gasteiger partial charge in [0.1, 0.15) is 5.69 Å². The van der Waals surface area contributed by atoms with Crippen molar-refractivity contribution in [2.45, 2.75) is 13.3 Å². The number of aromatic amines is 1. The van der Waals surface area contributed by atoms with E-state index in [1.54, 1.807) is 18.4 Å². The van der Waals surface area contributed by atoms with Gasteiger partial charge in [0.25, 0.3) is 5.91 Å². The minimum Gasteiger partial charge on any atom is -0.466 e. The van der Waals surface area contributed by atoms with E-state index in [4.69, 9.17) is 4.74 Å². The third-order valence-electron chi connectivity index (χ3n) is 3.30. The van der Waals surface area contributed by atoms with Crippen molar-refractivity contribution in [2.75, 3.05) is 11.9 Å². The zero-order valence-corrected chi connectivity index (χ0v) is 14.3. The van der Waals surface area contributed by atoms with Crippen LogP contribution in [0.25, 0.3) is 11.3 Å². The van der Waals surface area contributed by atoms with Gasteiger partial charge in [0, 0.05) is 10.9 Å². The third kappa shape index (κ3) is 4.30. The Kier molecular flexibility index (Phi) is 5.20. The van der Waals surface area contributed by atoms with Crippen molar-refractivity contribution in [3.63, 3.8) is 0 Å². The van der Waals surface area contributed by atoms with E-state index in [0.29, 0.717) is 28.8 Å². The van der Waals surface area contributed by atoms with Gasteiger partial charge in [-0.3, -0.25) is 20.0 Å². The van der Waals surface area contributed by atoms with Crippen LogP contribution in [0.3, 0.4) is 0 Å². The fraction of sp³-hybridized carbons (Fsp3) is 0.176. The van der Waals surface area contributed by atoms with Crippen molar-refractivity contribution in [2.24, 2.45) is 0 Å². The van der Waals surface area contributed by atoms with Crippen LogP contribution in [-0.2, 0) is 16.0 Å². The lowest BCUT2D eigenvalue weighted by Gasteiger charge is -1.99. The van der Waals surface area contributed by atoms with Gasteiger partial charge < -0.3 is 4.74 Å². The van der Waals surface area contributed by atoms with E-state index in [1.165, 1.54) is 11.3 Å². The smallest absolute Gasteiger partial charge is 0.311 e. The molecule has 0 aliphatic carbocycles. The first kappa shape index (κ1) is 16.8. The number of ether oxygens (including phenoxy) is 1. The van der Waals surface area contributed by atoms with Gasteiger partial charge in [-0.1, -0.05) is 30.3 Å². The number of thiazole rings is 1. The number of nitrogens with one attached hydrogen (secondary N) is 2. The molecule has 8 heteroatoms. The van der Waals surface area contributed by atoms with E-state index < -0.39 is 0 Å². The van der Waals surface area contributed by atoms with Crippen LogP contribution in [0.15, 0.2) is 41.8 Å². The Bertz CT molecular complexity index is 873. The zero-order chi connectivity index (χ0) is 17.6. The molecule has 2 N–H and O–H groups in total. The van der Waals surface area contributed by atoms with E-state index in [9.17, 15) is 9.59 Å². The molecule has 0 saturated carbocycles. The molecule has 0 aliphatic rings. The van der Waals surface area contributed by atoms with Crippen molar-refractivity contribution < 1.29 is 14.3 Å². The largest absolute Gasteiger partial charge is 0.466 e. The number of carbonyl (C=O) groups excluding carboxylic acids is 2. The summed E-state index contributed by atoms with van der Waals surface area (Å²) in [6, 6.07) is 11.2. The normalized spacial score (nSPS) is 10.4. The molecule has 3 rings (SSSR count). The van der Waals surface area contributed by atoms with Gasteiger partial charge in [0.05, 0.1) is 24.4 Å². The minimum absolute atomic E-state index is 0.0857. The number of rotatable bonds is 6.